The lowest BCUT2D eigenvalue weighted by Crippen LogP contribution is -2.61. The molecule has 0 spiro atoms. The zero-order chi connectivity index (χ0) is 64.8. The topological polar surface area (TPSA) is 500 Å². The zero-order valence-electron chi connectivity index (χ0n) is 48.1. The van der Waals surface area contributed by atoms with Crippen LogP contribution in [-0.4, -0.2) is 182 Å². The molecule has 10 atom stereocenters. The molecule has 0 fully saturated rings. The van der Waals surface area contributed by atoms with Crippen molar-refractivity contribution in [3.8, 4) is 0 Å². The molecule has 0 radical (unpaired) electrons. The van der Waals surface area contributed by atoms with E-state index < -0.39 is 188 Å². The van der Waals surface area contributed by atoms with E-state index in [0.717, 1.165) is 0 Å². The van der Waals surface area contributed by atoms with Crippen molar-refractivity contribution >= 4 is 83.0 Å². The van der Waals surface area contributed by atoms with Gasteiger partial charge in [0, 0.05) is 12.8 Å². The van der Waals surface area contributed by atoms with Gasteiger partial charge in [-0.15, -0.1) is 0 Å². The van der Waals surface area contributed by atoms with E-state index in [1.165, 1.54) is 13.8 Å². The van der Waals surface area contributed by atoms with Crippen LogP contribution in [0.2, 0.25) is 0 Å². The normalized spacial score (nSPS) is 14.9. The monoisotopic (exact) mass is 1200 g/mol. The van der Waals surface area contributed by atoms with Crippen LogP contribution in [0, 0.1) is 23.7 Å². The molecule has 83 heavy (non-hydrogen) atoms. The summed E-state index contributed by atoms with van der Waals surface area (Å²) in [5.74, 6) is -18.1. The van der Waals surface area contributed by atoms with Crippen molar-refractivity contribution in [3.63, 3.8) is 0 Å². The lowest BCUT2D eigenvalue weighted by Gasteiger charge is -2.29. The Bertz CT molecular complexity index is 2250. The Morgan fingerprint density at radius 3 is 1.13 bits per heavy atom. The maximum Gasteiger partial charge on any atom is 0.490 e. The van der Waals surface area contributed by atoms with Crippen molar-refractivity contribution in [1.29, 1.82) is 0 Å². The summed E-state index contributed by atoms with van der Waals surface area (Å²) < 4.78 is 31.7. The Morgan fingerprint density at radius 2 is 0.759 bits per heavy atom. The molecule has 0 aliphatic heterocycles. The third-order valence-corrected chi connectivity index (χ3v) is 11.8. The lowest BCUT2D eigenvalue weighted by atomic mass is 9.99. The van der Waals surface area contributed by atoms with Gasteiger partial charge in [0.05, 0.1) is 12.5 Å². The maximum absolute atomic E-state index is 14.1. The van der Waals surface area contributed by atoms with Crippen LogP contribution in [0.3, 0.4) is 0 Å². The van der Waals surface area contributed by atoms with Crippen molar-refractivity contribution in [3.05, 3.63) is 0 Å². The number of nitrogens with one attached hydrogen (secondary N) is 9. The minimum Gasteiger partial charge on any atom is -0.481 e. The highest BCUT2D eigenvalue weighted by Gasteiger charge is 2.39. The number of amides is 9. The molecule has 0 bridgehead atoms. The van der Waals surface area contributed by atoms with Crippen molar-refractivity contribution in [2.24, 2.45) is 35.1 Å². The minimum atomic E-state index is -5.08. The fourth-order valence-corrected chi connectivity index (χ4v) is 7.13. The Balaban J connectivity index is 0. The summed E-state index contributed by atoms with van der Waals surface area (Å²) in [6.07, 6.45) is -7.55. The number of aliphatic carboxylic acids is 5. The number of carbonyl (C=O) groups excluding carboxylic acids is 9. The van der Waals surface area contributed by atoms with E-state index in [-0.39, 0.29) is 50.0 Å². The first-order valence-corrected chi connectivity index (χ1v) is 26.5. The average Bonchev–Trinajstić information content (AvgIpc) is 3.35. The van der Waals surface area contributed by atoms with Gasteiger partial charge in [0.25, 0.3) is 0 Å². The number of nitrogens with two attached hydrogens (primary N) is 2. The van der Waals surface area contributed by atoms with Gasteiger partial charge >= 0.3 is 36.0 Å². The summed E-state index contributed by atoms with van der Waals surface area (Å²) in [6, 6.07) is -14.1. The summed E-state index contributed by atoms with van der Waals surface area (Å²) in [6.45, 7) is 16.0. The molecule has 0 aliphatic carbocycles. The third-order valence-electron chi connectivity index (χ3n) is 11.8. The fraction of sp³-hybridized carbons (Fsp3) is 0.720. The predicted octanol–water partition coefficient (Wildman–Crippen LogP) is -1.83. The van der Waals surface area contributed by atoms with E-state index in [2.05, 4.69) is 47.9 Å². The summed E-state index contributed by atoms with van der Waals surface area (Å²) in [5.41, 5.74) is 11.5. The molecule has 0 aromatic heterocycles. The molecule has 0 aliphatic rings. The average molecular weight is 1200 g/mol. The number of carbonyl (C=O) groups is 14. The smallest absolute Gasteiger partial charge is 0.481 e. The minimum absolute atomic E-state index is 0.0116. The molecular weight excluding hydrogens is 1120 g/mol. The van der Waals surface area contributed by atoms with E-state index in [0.29, 0.717) is 6.42 Å². The number of unbranched alkanes of at least 4 members (excludes halogenated alkanes) is 1. The Labute approximate surface area is 477 Å². The van der Waals surface area contributed by atoms with Crippen LogP contribution in [0.5, 0.6) is 0 Å². The first-order chi connectivity index (χ1) is 38.2. The van der Waals surface area contributed by atoms with Crippen LogP contribution in [0.15, 0.2) is 0 Å². The molecular formula is C50H84F3N11O19. The second-order valence-electron chi connectivity index (χ2n) is 21.0. The highest BCUT2D eigenvalue weighted by atomic mass is 19.4. The Kier molecular flexibility index (Phi) is 35.5. The van der Waals surface area contributed by atoms with Gasteiger partial charge in [-0.05, 0) is 89.0 Å². The van der Waals surface area contributed by atoms with E-state index >= 15 is 0 Å². The van der Waals surface area contributed by atoms with Gasteiger partial charge < -0.3 is 84.9 Å². The summed E-state index contributed by atoms with van der Waals surface area (Å²) in [5, 5.41) is 66.5. The number of hydrogen-bond acceptors (Lipinski definition) is 16. The number of rotatable bonds is 37. The fourth-order valence-electron chi connectivity index (χ4n) is 7.13. The SMILES string of the molecule is CC(C)C[C@H](NC(=O)[C@H](CCCCN)NC(=O)[C@H](CCC(=O)O)NC(=O)[C@H](CC(C)C)NC(=O)[C@@H](NC(=O)[C@H](C)NC(=O)[C@H](C)NC(=O)[C@H](CC(=O)O)NC(=O)[C@@H](N)C(C)C)C(C)C)C(=O)N[C@@H](CCC(=O)O)C(=O)O.O=C(O)C(F)(F)F. The summed E-state index contributed by atoms with van der Waals surface area (Å²) in [7, 11) is 0. The summed E-state index contributed by atoms with van der Waals surface area (Å²) in [4.78, 5) is 176. The second-order valence-corrected chi connectivity index (χ2v) is 21.0. The number of carboxylic acid groups (broad SMARTS) is 5. The molecule has 0 saturated carbocycles. The largest absolute Gasteiger partial charge is 0.490 e. The van der Waals surface area contributed by atoms with E-state index in [4.69, 9.17) is 26.5 Å². The number of hydrogen-bond donors (Lipinski definition) is 16. The van der Waals surface area contributed by atoms with Crippen LogP contribution >= 0.6 is 0 Å². The number of halogens is 3. The molecule has 0 rings (SSSR count). The molecule has 0 aromatic rings. The molecule has 0 heterocycles. The highest BCUT2D eigenvalue weighted by Crippen LogP contribution is 2.14. The van der Waals surface area contributed by atoms with E-state index in [1.807, 2.05) is 0 Å². The van der Waals surface area contributed by atoms with Crippen molar-refractivity contribution in [1.82, 2.24) is 47.9 Å². The molecule has 474 valence electrons. The number of carboxylic acids is 5. The highest BCUT2D eigenvalue weighted by molar-refractivity contribution is 5.99. The third kappa shape index (κ3) is 32.5. The molecule has 0 unspecified atom stereocenters. The van der Waals surface area contributed by atoms with Gasteiger partial charge in [-0.25, -0.2) is 9.59 Å². The first-order valence-electron chi connectivity index (χ1n) is 26.5. The van der Waals surface area contributed by atoms with Crippen LogP contribution in [-0.2, 0) is 67.1 Å². The molecule has 0 saturated heterocycles. The van der Waals surface area contributed by atoms with Gasteiger partial charge in [0.15, 0.2) is 0 Å². The predicted molar refractivity (Wildman–Crippen MR) is 286 cm³/mol. The molecule has 0 aromatic carbocycles. The van der Waals surface area contributed by atoms with Crippen molar-refractivity contribution in [2.45, 2.75) is 200 Å². The first kappa shape index (κ1) is 77.4. The van der Waals surface area contributed by atoms with Crippen LogP contribution < -0.4 is 59.3 Å². The van der Waals surface area contributed by atoms with E-state index in [1.54, 1.807) is 55.4 Å². The van der Waals surface area contributed by atoms with Gasteiger partial charge in [-0.1, -0.05) is 55.4 Å². The van der Waals surface area contributed by atoms with Gasteiger partial charge in [0.2, 0.25) is 53.2 Å². The van der Waals surface area contributed by atoms with Crippen LogP contribution in [0.1, 0.15) is 133 Å². The Morgan fingerprint density at radius 1 is 0.410 bits per heavy atom. The molecule has 30 nitrogen and oxygen atoms in total. The van der Waals surface area contributed by atoms with E-state index in [9.17, 15) is 90.8 Å². The second kappa shape index (κ2) is 38.1. The lowest BCUT2D eigenvalue weighted by molar-refractivity contribution is -0.192. The summed E-state index contributed by atoms with van der Waals surface area (Å²) >= 11 is 0. The van der Waals surface area contributed by atoms with Gasteiger partial charge in [0.1, 0.15) is 54.4 Å². The van der Waals surface area contributed by atoms with Crippen molar-refractivity contribution < 1.29 is 106 Å². The quantitative estimate of drug-likeness (QED) is 0.0304. The molecule has 33 heteroatoms. The maximum atomic E-state index is 14.1. The Hall–Kier alpha value is -7.71. The van der Waals surface area contributed by atoms with Crippen LogP contribution in [0.25, 0.3) is 0 Å². The zero-order valence-corrected chi connectivity index (χ0v) is 48.1. The molecule has 18 N–H and O–H groups in total. The van der Waals surface area contributed by atoms with Crippen LogP contribution in [0.4, 0.5) is 13.2 Å². The number of alkyl halides is 3. The van der Waals surface area contributed by atoms with Crippen molar-refractivity contribution in [2.75, 3.05) is 6.54 Å². The van der Waals surface area contributed by atoms with Gasteiger partial charge in [-0.3, -0.25) is 57.5 Å². The van der Waals surface area contributed by atoms with Gasteiger partial charge in [-0.2, -0.15) is 13.2 Å². The standard InChI is InChI=1S/C48H83N11O17.C2HF3O2/c1-22(2)19-31(45(72)55-30(48(75)76)15-17-35(62)63)56-41(68)28(13-11-12-18-49)53-42(69)29(14-16-34(60)61)54-44(71)32(20-23(3)4)58-47(74)38(25(7)8)59-40(67)27(10)51-39(66)26(9)52-43(70)33(21-36(64)65)57-46(73)37(50)24(5)6;3-2(4,5)1(6)7/h22-33,37-38H,11-21,49-50H2,1-10H3,(H,51,66)(H,52,70)(H,53,69)(H,54,71)(H,55,72)(H,56,68)(H,57,73)(H,58,74)(H,59,67)(H,60,61)(H,62,63)(H,64,65)(H,75,76);(H,6,7)/t26-,27-,28-,29-,30-,31-,32-,33-,37-,38-;/m0./s1. The molecule has 9 amide bonds.